The molecule has 3 N–H and O–H groups in total. The van der Waals surface area contributed by atoms with Crippen molar-refractivity contribution in [3.05, 3.63) is 27.7 Å². The monoisotopic (exact) mass is 309 g/mol. The van der Waals surface area contributed by atoms with Crippen LogP contribution in [-0.2, 0) is 9.59 Å². The topological polar surface area (TPSA) is 96.0 Å². The second kappa shape index (κ2) is 5.65. The lowest BCUT2D eigenvalue weighted by Gasteiger charge is -2.16. The highest BCUT2D eigenvalue weighted by atomic mass is 79.9. The van der Waals surface area contributed by atoms with Crippen LogP contribution in [-0.4, -0.2) is 11.8 Å². The lowest BCUT2D eigenvalue weighted by molar-refractivity contribution is -0.118. The minimum atomic E-state index is -1.08. The third kappa shape index (κ3) is 2.87. The molecule has 0 bridgehead atoms. The highest BCUT2D eigenvalue weighted by Gasteiger charge is 2.22. The van der Waals surface area contributed by atoms with Crippen LogP contribution in [0.2, 0.25) is 0 Å². The first-order valence-corrected chi connectivity index (χ1v) is 5.93. The SMILES string of the molecule is CC(=O)Nc1c(C(C#N)C(N)=O)ccc(Br)c1C. The molecule has 0 aliphatic rings. The van der Waals surface area contributed by atoms with Gasteiger partial charge < -0.3 is 11.1 Å². The van der Waals surface area contributed by atoms with Gasteiger partial charge in [0.15, 0.2) is 5.92 Å². The number of amides is 2. The zero-order chi connectivity index (χ0) is 13.9. The van der Waals surface area contributed by atoms with Crippen LogP contribution in [0.5, 0.6) is 0 Å². The fourth-order valence-electron chi connectivity index (χ4n) is 1.58. The van der Waals surface area contributed by atoms with Crippen molar-refractivity contribution in [2.45, 2.75) is 19.8 Å². The Morgan fingerprint density at radius 1 is 1.50 bits per heavy atom. The largest absolute Gasteiger partial charge is 0.368 e. The predicted octanol–water partition coefficient (Wildman–Crippen LogP) is 1.81. The summed E-state index contributed by atoms with van der Waals surface area (Å²) in [7, 11) is 0. The molecule has 6 heteroatoms. The fourth-order valence-corrected chi connectivity index (χ4v) is 1.91. The Bertz CT molecular complexity index is 549. The maximum absolute atomic E-state index is 11.2. The number of nitrogens with two attached hydrogens (primary N) is 1. The molecule has 1 aromatic carbocycles. The number of carbonyl (C=O) groups is 2. The Balaban J connectivity index is 3.44. The maximum Gasteiger partial charge on any atom is 0.239 e. The van der Waals surface area contributed by atoms with E-state index in [4.69, 9.17) is 11.0 Å². The first-order valence-electron chi connectivity index (χ1n) is 5.14. The van der Waals surface area contributed by atoms with Gasteiger partial charge in [-0.2, -0.15) is 5.26 Å². The maximum atomic E-state index is 11.2. The number of nitrogens with zero attached hydrogens (tertiary/aromatic N) is 1. The molecule has 5 nitrogen and oxygen atoms in total. The van der Waals surface area contributed by atoms with Crippen molar-refractivity contribution >= 4 is 33.4 Å². The smallest absolute Gasteiger partial charge is 0.239 e. The number of hydrogen-bond donors (Lipinski definition) is 2. The molecule has 0 aliphatic carbocycles. The second-order valence-electron chi connectivity index (χ2n) is 3.78. The molecular weight excluding hydrogens is 298 g/mol. The van der Waals surface area contributed by atoms with Gasteiger partial charge in [0, 0.05) is 22.6 Å². The lowest BCUT2D eigenvalue weighted by Crippen LogP contribution is -2.22. The van der Waals surface area contributed by atoms with Crippen LogP contribution >= 0.6 is 15.9 Å². The van der Waals surface area contributed by atoms with Gasteiger partial charge in [0.05, 0.1) is 6.07 Å². The summed E-state index contributed by atoms with van der Waals surface area (Å²) in [5.74, 6) is -2.11. The summed E-state index contributed by atoms with van der Waals surface area (Å²) in [5, 5.41) is 11.6. The lowest BCUT2D eigenvalue weighted by atomic mass is 9.95. The molecular formula is C12H12BrN3O2. The van der Waals surface area contributed by atoms with Crippen LogP contribution in [0, 0.1) is 18.3 Å². The molecule has 0 saturated heterocycles. The number of nitriles is 1. The highest BCUT2D eigenvalue weighted by Crippen LogP contribution is 2.32. The van der Waals surface area contributed by atoms with E-state index < -0.39 is 11.8 Å². The molecule has 0 radical (unpaired) electrons. The number of carbonyl (C=O) groups excluding carboxylic acids is 2. The standard InChI is InChI=1S/C12H12BrN3O2/c1-6-10(13)4-3-8(9(5-14)12(15)18)11(6)16-7(2)17/h3-4,9H,1-2H3,(H2,15,18)(H,16,17). The Labute approximate surface area is 113 Å². The van der Waals surface area contributed by atoms with Gasteiger partial charge in [0.25, 0.3) is 0 Å². The Morgan fingerprint density at radius 3 is 2.56 bits per heavy atom. The number of primary amides is 1. The van der Waals surface area contributed by atoms with Gasteiger partial charge in [-0.3, -0.25) is 9.59 Å². The third-order valence-electron chi connectivity index (χ3n) is 2.46. The van der Waals surface area contributed by atoms with E-state index in [9.17, 15) is 9.59 Å². The molecule has 2 amide bonds. The molecule has 0 spiro atoms. The van der Waals surface area contributed by atoms with E-state index in [1.54, 1.807) is 19.1 Å². The second-order valence-corrected chi connectivity index (χ2v) is 4.64. The molecule has 94 valence electrons. The van der Waals surface area contributed by atoms with Crippen LogP contribution in [0.1, 0.15) is 24.0 Å². The molecule has 0 heterocycles. The summed E-state index contributed by atoms with van der Waals surface area (Å²) in [6.07, 6.45) is 0. The van der Waals surface area contributed by atoms with Crippen molar-refractivity contribution < 1.29 is 9.59 Å². The average Bonchev–Trinajstić information content (AvgIpc) is 2.27. The quantitative estimate of drug-likeness (QED) is 0.891. The molecule has 1 aromatic rings. The zero-order valence-electron chi connectivity index (χ0n) is 9.95. The van der Waals surface area contributed by atoms with Crippen molar-refractivity contribution in [1.82, 2.24) is 0 Å². The van der Waals surface area contributed by atoms with E-state index in [0.717, 1.165) is 10.0 Å². The predicted molar refractivity (Wildman–Crippen MR) is 70.7 cm³/mol. The Kier molecular flexibility index (Phi) is 4.45. The molecule has 0 saturated carbocycles. The molecule has 1 atom stereocenters. The Morgan fingerprint density at radius 2 is 2.11 bits per heavy atom. The van der Waals surface area contributed by atoms with Crippen LogP contribution in [0.15, 0.2) is 16.6 Å². The van der Waals surface area contributed by atoms with E-state index in [1.807, 2.05) is 6.07 Å². The van der Waals surface area contributed by atoms with Gasteiger partial charge in [0.2, 0.25) is 11.8 Å². The van der Waals surface area contributed by atoms with Crippen molar-refractivity contribution in [2.75, 3.05) is 5.32 Å². The minimum Gasteiger partial charge on any atom is -0.368 e. The first kappa shape index (κ1) is 14.2. The van der Waals surface area contributed by atoms with Crippen LogP contribution < -0.4 is 11.1 Å². The van der Waals surface area contributed by atoms with Crippen LogP contribution in [0.4, 0.5) is 5.69 Å². The van der Waals surface area contributed by atoms with Crippen LogP contribution in [0.3, 0.4) is 0 Å². The summed E-state index contributed by atoms with van der Waals surface area (Å²) < 4.78 is 0.774. The van der Waals surface area contributed by atoms with Crippen molar-refractivity contribution in [2.24, 2.45) is 5.73 Å². The van der Waals surface area contributed by atoms with E-state index in [-0.39, 0.29) is 5.91 Å². The van der Waals surface area contributed by atoms with Gasteiger partial charge in [-0.05, 0) is 18.6 Å². The summed E-state index contributed by atoms with van der Waals surface area (Å²) in [6, 6.07) is 5.15. The Hall–Kier alpha value is -1.87. The summed E-state index contributed by atoms with van der Waals surface area (Å²) >= 11 is 3.33. The molecule has 0 aromatic heterocycles. The van der Waals surface area contributed by atoms with Gasteiger partial charge in [-0.1, -0.05) is 22.0 Å². The van der Waals surface area contributed by atoms with E-state index in [1.165, 1.54) is 6.92 Å². The third-order valence-corrected chi connectivity index (χ3v) is 3.32. The average molecular weight is 310 g/mol. The summed E-state index contributed by atoms with van der Waals surface area (Å²) in [6.45, 7) is 3.13. The first-order chi connectivity index (χ1) is 8.38. The normalized spacial score (nSPS) is 11.4. The number of hydrogen-bond acceptors (Lipinski definition) is 3. The summed E-state index contributed by atoms with van der Waals surface area (Å²) in [4.78, 5) is 22.4. The fraction of sp³-hybridized carbons (Fsp3) is 0.250. The van der Waals surface area contributed by atoms with Gasteiger partial charge in [-0.25, -0.2) is 0 Å². The number of nitrogens with one attached hydrogen (secondary N) is 1. The molecule has 1 unspecified atom stereocenters. The van der Waals surface area contributed by atoms with E-state index in [2.05, 4.69) is 21.2 Å². The summed E-state index contributed by atoms with van der Waals surface area (Å²) in [5.41, 5.74) is 6.77. The zero-order valence-corrected chi connectivity index (χ0v) is 11.5. The highest BCUT2D eigenvalue weighted by molar-refractivity contribution is 9.10. The molecule has 0 aliphatic heterocycles. The number of benzene rings is 1. The van der Waals surface area contributed by atoms with E-state index >= 15 is 0 Å². The van der Waals surface area contributed by atoms with Crippen molar-refractivity contribution in [3.63, 3.8) is 0 Å². The minimum absolute atomic E-state index is 0.279. The van der Waals surface area contributed by atoms with Gasteiger partial charge in [0.1, 0.15) is 0 Å². The van der Waals surface area contributed by atoms with Crippen LogP contribution in [0.25, 0.3) is 0 Å². The van der Waals surface area contributed by atoms with Crippen molar-refractivity contribution in [3.8, 4) is 6.07 Å². The van der Waals surface area contributed by atoms with E-state index in [0.29, 0.717) is 11.3 Å². The molecule has 1 rings (SSSR count). The number of halogens is 1. The number of rotatable bonds is 3. The molecule has 18 heavy (non-hydrogen) atoms. The van der Waals surface area contributed by atoms with Gasteiger partial charge >= 0.3 is 0 Å². The van der Waals surface area contributed by atoms with Gasteiger partial charge in [-0.15, -0.1) is 0 Å². The van der Waals surface area contributed by atoms with Crippen molar-refractivity contribution in [1.29, 1.82) is 5.26 Å². The molecule has 0 fully saturated rings. The number of anilines is 1.